The Morgan fingerprint density at radius 2 is 2.21 bits per heavy atom. The molecule has 1 heterocycles. The number of nitrogens with zero attached hydrogens (tertiary/aromatic N) is 2. The number of unbranched alkanes of at least 4 members (excludes halogenated alkanes) is 1. The van der Waals surface area contributed by atoms with Gasteiger partial charge in [0.2, 0.25) is 0 Å². The van der Waals surface area contributed by atoms with E-state index in [4.69, 9.17) is 0 Å². The molecule has 0 aliphatic rings. The first-order valence-corrected chi connectivity index (χ1v) is 5.52. The zero-order valence-electron chi connectivity index (χ0n) is 9.29. The van der Waals surface area contributed by atoms with Crippen molar-refractivity contribution in [2.24, 2.45) is 7.05 Å². The van der Waals surface area contributed by atoms with Crippen LogP contribution in [0, 0.1) is 0 Å². The van der Waals surface area contributed by atoms with Crippen LogP contribution in [0.3, 0.4) is 0 Å². The maximum atomic E-state index is 4.34. The topological polar surface area (TPSA) is 29.9 Å². The second kappa shape index (κ2) is 6.60. The Bertz CT molecular complexity index is 242. The van der Waals surface area contributed by atoms with Gasteiger partial charge in [0.1, 0.15) is 0 Å². The highest BCUT2D eigenvalue weighted by molar-refractivity contribution is 4.98. The van der Waals surface area contributed by atoms with Crippen molar-refractivity contribution in [3.8, 4) is 0 Å². The molecular formula is C11H21N3. The van der Waals surface area contributed by atoms with Crippen molar-refractivity contribution in [3.63, 3.8) is 0 Å². The zero-order chi connectivity index (χ0) is 10.2. The molecule has 1 N–H and O–H groups in total. The summed E-state index contributed by atoms with van der Waals surface area (Å²) in [4.78, 5) is 0. The van der Waals surface area contributed by atoms with Gasteiger partial charge in [0.25, 0.3) is 0 Å². The first-order chi connectivity index (χ1) is 6.83. The fraction of sp³-hybridized carbons (Fsp3) is 0.727. The van der Waals surface area contributed by atoms with E-state index in [0.717, 1.165) is 19.5 Å². The summed E-state index contributed by atoms with van der Waals surface area (Å²) >= 11 is 0. The molecule has 0 saturated carbocycles. The van der Waals surface area contributed by atoms with E-state index in [1.165, 1.54) is 25.0 Å². The van der Waals surface area contributed by atoms with E-state index in [9.17, 15) is 0 Å². The van der Waals surface area contributed by atoms with Crippen molar-refractivity contribution in [1.29, 1.82) is 0 Å². The molecule has 0 spiro atoms. The molecule has 1 rings (SSSR count). The van der Waals surface area contributed by atoms with Gasteiger partial charge in [-0.2, -0.15) is 5.10 Å². The predicted octanol–water partition coefficient (Wildman–Crippen LogP) is 1.74. The molecule has 0 fully saturated rings. The molecule has 0 atom stereocenters. The molecule has 3 heteroatoms. The largest absolute Gasteiger partial charge is 0.317 e. The van der Waals surface area contributed by atoms with Crippen LogP contribution < -0.4 is 5.32 Å². The minimum Gasteiger partial charge on any atom is -0.317 e. The van der Waals surface area contributed by atoms with Gasteiger partial charge in [-0.05, 0) is 44.8 Å². The summed E-state index contributed by atoms with van der Waals surface area (Å²) in [5.41, 5.74) is 1.21. The molecular weight excluding hydrogens is 174 g/mol. The SMILES string of the molecule is CCCNCCCCc1ccn(C)n1. The predicted molar refractivity (Wildman–Crippen MR) is 59.3 cm³/mol. The summed E-state index contributed by atoms with van der Waals surface area (Å²) in [6.45, 7) is 4.48. The lowest BCUT2D eigenvalue weighted by molar-refractivity contribution is 0.610. The molecule has 1 aromatic heterocycles. The monoisotopic (exact) mass is 195 g/mol. The number of aryl methyl sites for hydroxylation is 2. The molecule has 0 aliphatic heterocycles. The van der Waals surface area contributed by atoms with Crippen LogP contribution in [0.4, 0.5) is 0 Å². The molecule has 0 bridgehead atoms. The zero-order valence-corrected chi connectivity index (χ0v) is 9.29. The lowest BCUT2D eigenvalue weighted by Crippen LogP contribution is -2.15. The first kappa shape index (κ1) is 11.2. The van der Waals surface area contributed by atoms with Gasteiger partial charge < -0.3 is 5.32 Å². The second-order valence-corrected chi connectivity index (χ2v) is 3.69. The highest BCUT2D eigenvalue weighted by Crippen LogP contribution is 2.00. The van der Waals surface area contributed by atoms with Gasteiger partial charge in [0.05, 0.1) is 5.69 Å². The van der Waals surface area contributed by atoms with Gasteiger partial charge in [-0.15, -0.1) is 0 Å². The number of aromatic nitrogens is 2. The Labute approximate surface area is 86.5 Å². The van der Waals surface area contributed by atoms with Gasteiger partial charge in [-0.1, -0.05) is 6.92 Å². The highest BCUT2D eigenvalue weighted by atomic mass is 15.2. The van der Waals surface area contributed by atoms with Crippen LogP contribution in [0.15, 0.2) is 12.3 Å². The van der Waals surface area contributed by atoms with Crippen LogP contribution in [-0.4, -0.2) is 22.9 Å². The van der Waals surface area contributed by atoms with Crippen molar-refractivity contribution in [2.45, 2.75) is 32.6 Å². The third kappa shape index (κ3) is 4.42. The molecule has 0 aliphatic carbocycles. The number of rotatable bonds is 7. The van der Waals surface area contributed by atoms with Gasteiger partial charge in [-0.25, -0.2) is 0 Å². The highest BCUT2D eigenvalue weighted by Gasteiger charge is 1.95. The molecule has 14 heavy (non-hydrogen) atoms. The quantitative estimate of drug-likeness (QED) is 0.672. The summed E-state index contributed by atoms with van der Waals surface area (Å²) in [7, 11) is 1.96. The van der Waals surface area contributed by atoms with Gasteiger partial charge in [0, 0.05) is 13.2 Å². The van der Waals surface area contributed by atoms with E-state index < -0.39 is 0 Å². The average molecular weight is 195 g/mol. The smallest absolute Gasteiger partial charge is 0.0624 e. The summed E-state index contributed by atoms with van der Waals surface area (Å²) in [6, 6.07) is 2.10. The Hall–Kier alpha value is -0.830. The van der Waals surface area contributed by atoms with Gasteiger partial charge >= 0.3 is 0 Å². The van der Waals surface area contributed by atoms with Crippen molar-refractivity contribution in [1.82, 2.24) is 15.1 Å². The van der Waals surface area contributed by atoms with E-state index in [2.05, 4.69) is 23.4 Å². The Balaban J connectivity index is 1.99. The third-order valence-corrected chi connectivity index (χ3v) is 2.23. The minimum absolute atomic E-state index is 1.11. The Morgan fingerprint density at radius 1 is 1.36 bits per heavy atom. The number of nitrogens with one attached hydrogen (secondary N) is 1. The minimum atomic E-state index is 1.11. The van der Waals surface area contributed by atoms with E-state index in [-0.39, 0.29) is 0 Å². The van der Waals surface area contributed by atoms with E-state index in [0.29, 0.717) is 0 Å². The fourth-order valence-electron chi connectivity index (χ4n) is 1.45. The van der Waals surface area contributed by atoms with Crippen molar-refractivity contribution in [2.75, 3.05) is 13.1 Å². The summed E-state index contributed by atoms with van der Waals surface area (Å²) < 4.78 is 1.87. The second-order valence-electron chi connectivity index (χ2n) is 3.69. The van der Waals surface area contributed by atoms with E-state index in [1.807, 2.05) is 17.9 Å². The van der Waals surface area contributed by atoms with Crippen LogP contribution in [-0.2, 0) is 13.5 Å². The molecule has 1 aromatic rings. The summed E-state index contributed by atoms with van der Waals surface area (Å²) in [5.74, 6) is 0. The standard InChI is InChI=1S/C11H21N3/c1-3-8-12-9-5-4-6-11-7-10-14(2)13-11/h7,10,12H,3-6,8-9H2,1-2H3. The normalized spacial score (nSPS) is 10.7. The van der Waals surface area contributed by atoms with Crippen molar-refractivity contribution >= 4 is 0 Å². The summed E-state index contributed by atoms with van der Waals surface area (Å²) in [6.07, 6.45) is 6.81. The van der Waals surface area contributed by atoms with Crippen LogP contribution >= 0.6 is 0 Å². The number of hydrogen-bond donors (Lipinski definition) is 1. The van der Waals surface area contributed by atoms with Crippen LogP contribution in [0.5, 0.6) is 0 Å². The molecule has 3 nitrogen and oxygen atoms in total. The Morgan fingerprint density at radius 3 is 2.86 bits per heavy atom. The van der Waals surface area contributed by atoms with Crippen molar-refractivity contribution < 1.29 is 0 Å². The first-order valence-electron chi connectivity index (χ1n) is 5.52. The maximum absolute atomic E-state index is 4.34. The van der Waals surface area contributed by atoms with Crippen LogP contribution in [0.25, 0.3) is 0 Å². The third-order valence-electron chi connectivity index (χ3n) is 2.23. The average Bonchev–Trinajstić information content (AvgIpc) is 2.58. The maximum Gasteiger partial charge on any atom is 0.0624 e. The van der Waals surface area contributed by atoms with Gasteiger partial charge in [-0.3, -0.25) is 4.68 Å². The molecule has 0 unspecified atom stereocenters. The molecule has 0 amide bonds. The lowest BCUT2D eigenvalue weighted by Gasteiger charge is -2.01. The van der Waals surface area contributed by atoms with E-state index >= 15 is 0 Å². The van der Waals surface area contributed by atoms with Crippen LogP contribution in [0.1, 0.15) is 31.9 Å². The number of hydrogen-bond acceptors (Lipinski definition) is 2. The lowest BCUT2D eigenvalue weighted by atomic mass is 10.2. The Kier molecular flexibility index (Phi) is 5.30. The molecule has 0 radical (unpaired) electrons. The fourth-order valence-corrected chi connectivity index (χ4v) is 1.45. The van der Waals surface area contributed by atoms with Gasteiger partial charge in [0.15, 0.2) is 0 Å². The summed E-state index contributed by atoms with van der Waals surface area (Å²) in [5, 5.41) is 7.74. The van der Waals surface area contributed by atoms with Crippen LogP contribution in [0.2, 0.25) is 0 Å². The van der Waals surface area contributed by atoms with E-state index in [1.54, 1.807) is 0 Å². The molecule has 80 valence electrons. The molecule has 0 aromatic carbocycles. The van der Waals surface area contributed by atoms with Crippen molar-refractivity contribution in [3.05, 3.63) is 18.0 Å². The molecule has 0 saturated heterocycles.